The Hall–Kier alpha value is 1.22. The summed E-state index contributed by atoms with van der Waals surface area (Å²) in [5.74, 6) is 0. The van der Waals surface area contributed by atoms with Crippen LogP contribution in [0, 0.1) is 0 Å². The molecule has 0 radical (unpaired) electrons. The predicted octanol–water partition coefficient (Wildman–Crippen LogP) is 4.62. The number of hydrogen-bond acceptors (Lipinski definition) is 3. The molecule has 1 N–H and O–H groups in total. The average Bonchev–Trinajstić information content (AvgIpc) is 2.36. The second kappa shape index (κ2) is 13.2. The third-order valence-electron chi connectivity index (χ3n) is 2.85. The molecular weight excluding hydrogens is 351 g/mol. The Morgan fingerprint density at radius 2 is 1.39 bits per heavy atom. The summed E-state index contributed by atoms with van der Waals surface area (Å²) in [5, 5.41) is 0. The van der Waals surface area contributed by atoms with Crippen LogP contribution in [0.15, 0.2) is 0 Å². The Morgan fingerprint density at radius 3 is 1.83 bits per heavy atom. The quantitative estimate of drug-likeness (QED) is 0.289. The summed E-state index contributed by atoms with van der Waals surface area (Å²) in [7, 11) is 0. The molecule has 0 bridgehead atoms. The van der Waals surface area contributed by atoms with Gasteiger partial charge in [0.05, 0.1) is 0 Å². The molecule has 0 spiro atoms. The molecule has 0 heterocycles. The van der Waals surface area contributed by atoms with Crippen LogP contribution in [0.3, 0.4) is 0 Å². The number of hydrogen-bond donors (Lipinski definition) is 1. The van der Waals surface area contributed by atoms with Crippen molar-refractivity contribution < 1.29 is 32.8 Å². The van der Waals surface area contributed by atoms with Crippen molar-refractivity contribution >= 4 is 18.5 Å². The van der Waals surface area contributed by atoms with E-state index in [9.17, 15) is 4.89 Å². The van der Waals surface area contributed by atoms with Gasteiger partial charge in [0.15, 0.2) is 0 Å². The molecule has 109 valence electrons. The van der Waals surface area contributed by atoms with E-state index in [0.717, 1.165) is 12.8 Å². The van der Waals surface area contributed by atoms with Gasteiger partial charge in [-0.3, -0.25) is 0 Å². The van der Waals surface area contributed by atoms with E-state index >= 15 is 0 Å². The summed E-state index contributed by atoms with van der Waals surface area (Å²) in [6.45, 7) is -0.151. The fourth-order valence-corrected chi connectivity index (χ4v) is 2.73. The molecule has 0 aliphatic rings. The Labute approximate surface area is 129 Å². The minimum absolute atomic E-state index is 0.514. The monoisotopic (exact) mass is 379 g/mol. The van der Waals surface area contributed by atoms with Crippen molar-refractivity contribution in [2.75, 3.05) is 6.61 Å². The van der Waals surface area contributed by atoms with E-state index in [-0.39, 0.29) is 0 Å². The predicted molar refractivity (Wildman–Crippen MR) is 75.4 cm³/mol. The van der Waals surface area contributed by atoms with Crippen LogP contribution in [0.5, 0.6) is 0 Å². The second-order valence-corrected chi connectivity index (χ2v) is 8.39. The van der Waals surface area contributed by atoms with Crippen molar-refractivity contribution in [3.8, 4) is 0 Å². The van der Waals surface area contributed by atoms with Crippen molar-refractivity contribution in [3.63, 3.8) is 0 Å². The van der Waals surface area contributed by atoms with Gasteiger partial charge in [-0.1, -0.05) is 19.8 Å². The molecule has 1 unspecified atom stereocenters. The fraction of sp³-hybridized carbons (Fsp3) is 1.00. The van der Waals surface area contributed by atoms with Crippen LogP contribution in [0.2, 0.25) is 0 Å². The standard InChI is InChI=1S/C12H27O3PS.Mo/c1-2-3-4-5-6-7-8-9-10-11-12-15-16(13,14)17;/h2-12H2,1H3,(H2,13,14,17);/q;+1/p-1. The van der Waals surface area contributed by atoms with E-state index in [1.807, 2.05) is 0 Å². The van der Waals surface area contributed by atoms with E-state index in [1.165, 1.54) is 71.6 Å². The van der Waals surface area contributed by atoms with Crippen molar-refractivity contribution in [2.45, 2.75) is 71.1 Å². The zero-order valence-electron chi connectivity index (χ0n) is 11.3. The van der Waals surface area contributed by atoms with E-state index in [1.54, 1.807) is 0 Å². The van der Waals surface area contributed by atoms with Crippen LogP contribution >= 0.6 is 6.72 Å². The summed E-state index contributed by atoms with van der Waals surface area (Å²) >= 11 is 6.06. The molecule has 0 rings (SSSR count). The molecule has 0 saturated heterocycles. The van der Waals surface area contributed by atoms with Crippen molar-refractivity contribution in [1.29, 1.82) is 0 Å². The minimum atomic E-state index is -2.91. The third-order valence-corrected chi connectivity index (χ3v) is 6.33. The van der Waals surface area contributed by atoms with Gasteiger partial charge < -0.3 is 0 Å². The molecule has 0 aliphatic heterocycles. The molecule has 1 atom stereocenters. The third kappa shape index (κ3) is 13.6. The van der Waals surface area contributed by atoms with Gasteiger partial charge in [-0.25, -0.2) is 0 Å². The van der Waals surface area contributed by atoms with E-state index in [0.29, 0.717) is 6.61 Å². The molecule has 6 heteroatoms. The van der Waals surface area contributed by atoms with Crippen LogP contribution in [0.4, 0.5) is 0 Å². The molecule has 0 aromatic rings. The summed E-state index contributed by atoms with van der Waals surface area (Å²) < 4.78 is 9.81. The van der Waals surface area contributed by atoms with Crippen LogP contribution in [-0.4, -0.2) is 11.5 Å². The first kappa shape index (κ1) is 19.2. The number of unbranched alkanes of at least 4 members (excludes halogenated alkanes) is 9. The Balaban J connectivity index is 3.10. The normalized spacial score (nSPS) is 14.6. The van der Waals surface area contributed by atoms with E-state index in [4.69, 9.17) is 19.5 Å². The zero-order valence-corrected chi connectivity index (χ0v) is 15.0. The molecular formula is C12H26MoO3PS. The van der Waals surface area contributed by atoms with Gasteiger partial charge in [0.1, 0.15) is 0 Å². The van der Waals surface area contributed by atoms with Crippen LogP contribution < -0.4 is 0 Å². The molecule has 0 fully saturated rings. The maximum absolute atomic E-state index is 9.35. The molecule has 0 amide bonds. The number of rotatable bonds is 13. The second-order valence-electron chi connectivity index (χ2n) is 4.56. The molecule has 0 saturated carbocycles. The molecule has 3 nitrogen and oxygen atoms in total. The van der Waals surface area contributed by atoms with Crippen LogP contribution in [0.25, 0.3) is 0 Å². The van der Waals surface area contributed by atoms with Gasteiger partial charge in [0, 0.05) is 0 Å². The van der Waals surface area contributed by atoms with Crippen molar-refractivity contribution in [2.24, 2.45) is 0 Å². The summed E-state index contributed by atoms with van der Waals surface area (Å²) in [5.41, 5.74) is 0. The van der Waals surface area contributed by atoms with E-state index < -0.39 is 6.72 Å². The summed E-state index contributed by atoms with van der Waals surface area (Å²) in [6, 6.07) is 0. The molecule has 0 aromatic carbocycles. The Bertz CT molecular complexity index is 229. The van der Waals surface area contributed by atoms with Crippen LogP contribution in [0.1, 0.15) is 71.1 Å². The average molecular weight is 377 g/mol. The first-order valence-corrected chi connectivity index (χ1v) is 10.3. The van der Waals surface area contributed by atoms with Gasteiger partial charge in [0.25, 0.3) is 0 Å². The van der Waals surface area contributed by atoms with Gasteiger partial charge in [-0.05, 0) is 0 Å². The Kier molecular flexibility index (Phi) is 14.1. The van der Waals surface area contributed by atoms with Gasteiger partial charge in [-0.15, -0.1) is 0 Å². The molecule has 18 heavy (non-hydrogen) atoms. The van der Waals surface area contributed by atoms with Gasteiger partial charge in [0.2, 0.25) is 0 Å². The van der Waals surface area contributed by atoms with Crippen molar-refractivity contribution in [3.05, 3.63) is 0 Å². The van der Waals surface area contributed by atoms with Crippen molar-refractivity contribution in [1.82, 2.24) is 0 Å². The first-order chi connectivity index (χ1) is 8.62. The SMILES string of the molecule is CCCCCCCCCCCCOP(O)(=S)[O][Mo]. The van der Waals surface area contributed by atoms with Gasteiger partial charge >= 0.3 is 109 Å². The zero-order chi connectivity index (χ0) is 13.7. The summed E-state index contributed by atoms with van der Waals surface area (Å²) in [6.07, 6.45) is 12.9. The molecule has 0 aliphatic carbocycles. The Morgan fingerprint density at radius 1 is 0.944 bits per heavy atom. The van der Waals surface area contributed by atoms with Gasteiger partial charge in [-0.2, -0.15) is 0 Å². The molecule has 0 aromatic heterocycles. The first-order valence-electron chi connectivity index (χ1n) is 6.91. The van der Waals surface area contributed by atoms with Crippen LogP contribution in [-0.2, 0) is 39.7 Å². The maximum atomic E-state index is 9.35. The summed E-state index contributed by atoms with van der Waals surface area (Å²) in [4.78, 5) is 9.35. The topological polar surface area (TPSA) is 38.7 Å². The fourth-order valence-electron chi connectivity index (χ4n) is 1.79. The van der Waals surface area contributed by atoms with E-state index in [2.05, 4.69) is 6.92 Å².